The molecule has 5 rings (SSSR count). The summed E-state index contributed by atoms with van der Waals surface area (Å²) < 4.78 is 5.24. The fraction of sp³-hybridized carbons (Fsp3) is 0.364. The zero-order valence-corrected chi connectivity index (χ0v) is 25.6. The van der Waals surface area contributed by atoms with Crippen LogP contribution in [-0.2, 0) is 16.1 Å². The Balaban J connectivity index is 0.000000205. The minimum absolute atomic E-state index is 0.0180. The highest BCUT2D eigenvalue weighted by atomic mass is 16.4. The van der Waals surface area contributed by atoms with Crippen molar-refractivity contribution in [2.24, 2.45) is 17.6 Å². The van der Waals surface area contributed by atoms with Crippen molar-refractivity contribution >= 4 is 41.2 Å². The van der Waals surface area contributed by atoms with E-state index in [2.05, 4.69) is 20.6 Å². The predicted molar refractivity (Wildman–Crippen MR) is 172 cm³/mol. The lowest BCUT2D eigenvalue weighted by atomic mass is 9.78. The maximum Gasteiger partial charge on any atom is 0.488 e. The number of nitrogens with zero attached hydrogens (tertiary/aromatic N) is 2. The highest BCUT2D eigenvalue weighted by Crippen LogP contribution is 2.28. The van der Waals surface area contributed by atoms with Crippen molar-refractivity contribution in [1.29, 1.82) is 0 Å². The number of benzene rings is 2. The summed E-state index contributed by atoms with van der Waals surface area (Å²) in [6.45, 7) is 4.40. The van der Waals surface area contributed by atoms with Crippen LogP contribution >= 0.6 is 0 Å². The van der Waals surface area contributed by atoms with Gasteiger partial charge in [0.05, 0.1) is 11.7 Å². The largest absolute Gasteiger partial charge is 0.488 e. The molecule has 2 unspecified atom stereocenters. The SMILES string of the molecule is CCC(C)CC(=O)NCc1cc(B(O)O)cc(-c2cnco2)c1.NC(=O)C(NC(=O)c1ccc2ccccc2n1)C1CCCC1. The predicted octanol–water partition coefficient (Wildman–Crippen LogP) is 3.08. The topological polar surface area (TPSA) is 181 Å². The maximum absolute atomic E-state index is 12.4. The summed E-state index contributed by atoms with van der Waals surface area (Å²) in [5.41, 5.74) is 8.31. The maximum atomic E-state index is 12.4. The number of fused-ring (bicyclic) bond motifs is 1. The molecule has 0 bridgehead atoms. The lowest BCUT2D eigenvalue weighted by Crippen LogP contribution is -2.48. The smallest absolute Gasteiger partial charge is 0.444 e. The van der Waals surface area contributed by atoms with Gasteiger partial charge in [0.15, 0.2) is 12.2 Å². The van der Waals surface area contributed by atoms with E-state index < -0.39 is 19.1 Å². The van der Waals surface area contributed by atoms with E-state index in [0.29, 0.717) is 41.4 Å². The molecule has 0 saturated heterocycles. The van der Waals surface area contributed by atoms with Crippen molar-refractivity contribution in [3.8, 4) is 11.3 Å². The van der Waals surface area contributed by atoms with Gasteiger partial charge >= 0.3 is 7.12 Å². The fourth-order valence-electron chi connectivity index (χ4n) is 5.32. The van der Waals surface area contributed by atoms with Crippen LogP contribution in [0.5, 0.6) is 0 Å². The standard InChI is InChI=1S/C17H19N3O2.C16H21BN2O4/c18-16(21)15(12-6-1-2-7-12)20-17(22)14-10-9-11-5-3-4-8-13(11)19-14;1-3-11(2)4-16(20)19-8-12-5-13(15-9-18-10-23-15)7-14(6-12)17(21)22/h3-5,8-10,12,15H,1-2,6-7H2,(H2,18,21)(H,20,22);5-7,9-11,21-22H,3-4,8H2,1-2H3,(H,19,20). The molecule has 0 spiro atoms. The number of carbonyl (C=O) groups excluding carboxylic acids is 3. The van der Waals surface area contributed by atoms with Crippen LogP contribution in [-0.4, -0.2) is 50.9 Å². The van der Waals surface area contributed by atoms with E-state index in [1.807, 2.05) is 50.2 Å². The Morgan fingerprint density at radius 1 is 1.09 bits per heavy atom. The first-order valence-corrected chi connectivity index (χ1v) is 15.3. The summed E-state index contributed by atoms with van der Waals surface area (Å²) in [6, 6.07) is 15.6. The Kier molecular flexibility index (Phi) is 11.8. The highest BCUT2D eigenvalue weighted by molar-refractivity contribution is 6.58. The van der Waals surface area contributed by atoms with E-state index in [4.69, 9.17) is 10.2 Å². The summed E-state index contributed by atoms with van der Waals surface area (Å²) in [7, 11) is -1.59. The first kappa shape index (κ1) is 33.4. The second kappa shape index (κ2) is 16.0. The molecule has 1 aliphatic rings. The van der Waals surface area contributed by atoms with E-state index in [-0.39, 0.29) is 17.7 Å². The lowest BCUT2D eigenvalue weighted by Gasteiger charge is -2.21. The molecule has 1 fully saturated rings. The molecule has 1 aliphatic carbocycles. The molecule has 2 aromatic carbocycles. The van der Waals surface area contributed by atoms with E-state index in [0.717, 1.165) is 48.6 Å². The molecule has 2 aromatic heterocycles. The number of hydrogen-bond acceptors (Lipinski definition) is 8. The molecule has 3 amide bonds. The number of nitrogens with one attached hydrogen (secondary N) is 2. The van der Waals surface area contributed by atoms with Crippen molar-refractivity contribution in [2.75, 3.05) is 0 Å². The number of pyridine rings is 1. The van der Waals surface area contributed by atoms with E-state index in [1.165, 1.54) is 6.39 Å². The van der Waals surface area contributed by atoms with Gasteiger partial charge in [0, 0.05) is 23.9 Å². The van der Waals surface area contributed by atoms with Crippen LogP contribution in [0.25, 0.3) is 22.2 Å². The summed E-state index contributed by atoms with van der Waals surface area (Å²) in [5, 5.41) is 25.4. The quantitative estimate of drug-likeness (QED) is 0.160. The van der Waals surface area contributed by atoms with E-state index in [9.17, 15) is 24.4 Å². The van der Waals surface area contributed by atoms with Crippen LogP contribution in [0.2, 0.25) is 0 Å². The van der Waals surface area contributed by atoms with Crippen molar-refractivity contribution in [2.45, 2.75) is 65.0 Å². The third-order valence-corrected chi connectivity index (χ3v) is 8.05. The molecule has 0 aliphatic heterocycles. The number of amides is 3. The zero-order chi connectivity index (χ0) is 32.3. The third kappa shape index (κ3) is 9.47. The van der Waals surface area contributed by atoms with Crippen LogP contribution < -0.4 is 21.8 Å². The number of nitrogens with two attached hydrogens (primary N) is 1. The van der Waals surface area contributed by atoms with Gasteiger partial charge in [-0.25, -0.2) is 9.97 Å². The number of primary amides is 1. The Hall–Kier alpha value is -4.55. The van der Waals surface area contributed by atoms with Gasteiger partial charge < -0.3 is 30.8 Å². The number of rotatable bonds is 11. The number of carbonyl (C=O) groups is 3. The summed E-state index contributed by atoms with van der Waals surface area (Å²) in [4.78, 5) is 44.1. The number of hydrogen-bond donors (Lipinski definition) is 5. The van der Waals surface area contributed by atoms with Gasteiger partial charge in [0.25, 0.3) is 5.91 Å². The molecule has 236 valence electrons. The van der Waals surface area contributed by atoms with Crippen LogP contribution in [0.1, 0.15) is 68.4 Å². The second-order valence-electron chi connectivity index (χ2n) is 11.5. The first-order chi connectivity index (χ1) is 21.6. The van der Waals surface area contributed by atoms with E-state index >= 15 is 0 Å². The van der Waals surface area contributed by atoms with Crippen molar-refractivity contribution in [3.05, 3.63) is 78.4 Å². The summed E-state index contributed by atoms with van der Waals surface area (Å²) in [5.74, 6) is 0.171. The molecule has 1 saturated carbocycles. The molecule has 12 heteroatoms. The number of para-hydroxylation sites is 1. The van der Waals surface area contributed by atoms with Gasteiger partial charge in [-0.1, -0.05) is 69.5 Å². The molecule has 11 nitrogen and oxygen atoms in total. The lowest BCUT2D eigenvalue weighted by molar-refractivity contribution is -0.122. The van der Waals surface area contributed by atoms with Gasteiger partial charge in [-0.2, -0.15) is 0 Å². The monoisotopic (exact) mass is 613 g/mol. The van der Waals surface area contributed by atoms with Gasteiger partial charge in [-0.05, 0) is 53.9 Å². The van der Waals surface area contributed by atoms with Crippen LogP contribution in [0.4, 0.5) is 0 Å². The minimum atomic E-state index is -1.59. The molecule has 45 heavy (non-hydrogen) atoms. The van der Waals surface area contributed by atoms with Gasteiger partial charge in [-0.3, -0.25) is 14.4 Å². The molecule has 2 heterocycles. The molecular weight excluding hydrogens is 573 g/mol. The summed E-state index contributed by atoms with van der Waals surface area (Å²) >= 11 is 0. The van der Waals surface area contributed by atoms with Crippen molar-refractivity contribution < 1.29 is 28.8 Å². The van der Waals surface area contributed by atoms with Crippen molar-refractivity contribution in [1.82, 2.24) is 20.6 Å². The Morgan fingerprint density at radius 2 is 1.84 bits per heavy atom. The van der Waals surface area contributed by atoms with Crippen LogP contribution in [0, 0.1) is 11.8 Å². The second-order valence-corrected chi connectivity index (χ2v) is 11.5. The Labute approximate surface area is 262 Å². The molecule has 2 atom stereocenters. The van der Waals surface area contributed by atoms with Crippen LogP contribution in [0.15, 0.2) is 71.6 Å². The van der Waals surface area contributed by atoms with Crippen molar-refractivity contribution in [3.63, 3.8) is 0 Å². The number of aromatic nitrogens is 2. The third-order valence-electron chi connectivity index (χ3n) is 8.05. The highest BCUT2D eigenvalue weighted by Gasteiger charge is 2.31. The fourth-order valence-corrected chi connectivity index (χ4v) is 5.32. The molecule has 4 aromatic rings. The van der Waals surface area contributed by atoms with E-state index in [1.54, 1.807) is 24.4 Å². The zero-order valence-electron chi connectivity index (χ0n) is 25.6. The molecule has 0 radical (unpaired) electrons. The van der Waals surface area contributed by atoms with Gasteiger partial charge in [0.2, 0.25) is 11.8 Å². The average Bonchev–Trinajstić information content (AvgIpc) is 3.78. The van der Waals surface area contributed by atoms with Gasteiger partial charge in [-0.15, -0.1) is 0 Å². The summed E-state index contributed by atoms with van der Waals surface area (Å²) in [6.07, 6.45) is 8.32. The average molecular weight is 614 g/mol. The first-order valence-electron chi connectivity index (χ1n) is 15.3. The number of oxazole rings is 1. The minimum Gasteiger partial charge on any atom is -0.444 e. The molecule has 6 N–H and O–H groups in total. The Morgan fingerprint density at radius 3 is 2.51 bits per heavy atom. The Bertz CT molecular complexity index is 1590. The normalized spacial score (nSPS) is 14.2. The molecular formula is C33H40BN5O6. The van der Waals surface area contributed by atoms with Crippen LogP contribution in [0.3, 0.4) is 0 Å². The van der Waals surface area contributed by atoms with Gasteiger partial charge in [0.1, 0.15) is 11.7 Å².